The second-order valence-corrected chi connectivity index (χ2v) is 5.90. The van der Waals surface area contributed by atoms with Gasteiger partial charge in [-0.25, -0.2) is 0 Å². The van der Waals surface area contributed by atoms with Crippen LogP contribution in [0.4, 0.5) is 5.13 Å². The van der Waals surface area contributed by atoms with E-state index in [1.165, 1.54) is 5.56 Å². The number of hydrogen-bond donors (Lipinski definition) is 1. The van der Waals surface area contributed by atoms with E-state index in [2.05, 4.69) is 41.5 Å². The predicted octanol–water partition coefficient (Wildman–Crippen LogP) is 3.07. The molecular weight excluding hydrogens is 270 g/mol. The average molecular weight is 291 g/mol. The number of methoxy groups -OCH3 is 1. The molecule has 1 atom stereocenters. The van der Waals surface area contributed by atoms with E-state index in [4.69, 9.17) is 4.74 Å². The largest absolute Gasteiger partial charge is 0.480 e. The summed E-state index contributed by atoms with van der Waals surface area (Å²) in [5, 5.41) is 4.48. The molecule has 0 unspecified atom stereocenters. The van der Waals surface area contributed by atoms with E-state index in [9.17, 15) is 0 Å². The summed E-state index contributed by atoms with van der Waals surface area (Å²) in [4.78, 5) is 7.58. The van der Waals surface area contributed by atoms with Crippen molar-refractivity contribution in [1.82, 2.24) is 10.3 Å². The molecule has 0 fully saturated rings. The van der Waals surface area contributed by atoms with Gasteiger partial charge in [-0.2, -0.15) is 4.98 Å². The van der Waals surface area contributed by atoms with Crippen LogP contribution in [0.1, 0.15) is 23.4 Å². The number of anilines is 1. The second-order valence-electron chi connectivity index (χ2n) is 4.84. The number of hydrogen-bond acceptors (Lipinski definition) is 5. The molecule has 0 aliphatic heterocycles. The fourth-order valence-corrected chi connectivity index (χ4v) is 2.80. The molecule has 2 rings (SSSR count). The minimum atomic E-state index is 0.297. The summed E-state index contributed by atoms with van der Waals surface area (Å²) in [5.41, 5.74) is 1.28. The molecule has 0 aliphatic rings. The zero-order valence-electron chi connectivity index (χ0n) is 12.4. The fourth-order valence-electron chi connectivity index (χ4n) is 1.89. The smallest absolute Gasteiger partial charge is 0.230 e. The van der Waals surface area contributed by atoms with Crippen molar-refractivity contribution in [3.05, 3.63) is 40.8 Å². The summed E-state index contributed by atoms with van der Waals surface area (Å²) in [7, 11) is 5.64. The van der Waals surface area contributed by atoms with Crippen LogP contribution in [0.15, 0.2) is 30.3 Å². The van der Waals surface area contributed by atoms with E-state index >= 15 is 0 Å². The SMILES string of the molecule is COc1nc(N(C)C)sc1CN[C@H](C)c1ccccc1. The van der Waals surface area contributed by atoms with Crippen LogP contribution >= 0.6 is 11.3 Å². The van der Waals surface area contributed by atoms with Gasteiger partial charge in [0.2, 0.25) is 5.88 Å². The zero-order valence-corrected chi connectivity index (χ0v) is 13.2. The van der Waals surface area contributed by atoms with Gasteiger partial charge in [0.05, 0.1) is 12.0 Å². The molecule has 1 aromatic heterocycles. The molecular formula is C15H21N3OS. The van der Waals surface area contributed by atoms with Gasteiger partial charge in [-0.05, 0) is 12.5 Å². The Kier molecular flexibility index (Phi) is 4.98. The van der Waals surface area contributed by atoms with Gasteiger partial charge < -0.3 is 15.0 Å². The van der Waals surface area contributed by atoms with Crippen molar-refractivity contribution in [2.24, 2.45) is 0 Å². The van der Waals surface area contributed by atoms with Gasteiger partial charge in [-0.1, -0.05) is 41.7 Å². The van der Waals surface area contributed by atoms with Crippen molar-refractivity contribution in [2.75, 3.05) is 26.1 Å². The highest BCUT2D eigenvalue weighted by Crippen LogP contribution is 2.30. The summed E-state index contributed by atoms with van der Waals surface area (Å²) in [6, 6.07) is 10.7. The minimum absolute atomic E-state index is 0.297. The molecule has 0 bridgehead atoms. The molecule has 20 heavy (non-hydrogen) atoms. The fraction of sp³-hybridized carbons (Fsp3) is 0.400. The molecule has 0 saturated heterocycles. The molecule has 4 nitrogen and oxygen atoms in total. The Balaban J connectivity index is 2.03. The monoisotopic (exact) mass is 291 g/mol. The van der Waals surface area contributed by atoms with Gasteiger partial charge in [0.15, 0.2) is 5.13 Å². The van der Waals surface area contributed by atoms with Crippen molar-refractivity contribution >= 4 is 16.5 Å². The van der Waals surface area contributed by atoms with E-state index in [-0.39, 0.29) is 0 Å². The molecule has 1 N–H and O–H groups in total. The molecule has 1 heterocycles. The molecule has 1 aromatic carbocycles. The van der Waals surface area contributed by atoms with E-state index in [0.29, 0.717) is 11.9 Å². The highest BCUT2D eigenvalue weighted by atomic mass is 32.1. The van der Waals surface area contributed by atoms with Crippen LogP contribution in [0.3, 0.4) is 0 Å². The molecule has 0 aliphatic carbocycles. The lowest BCUT2D eigenvalue weighted by Crippen LogP contribution is -2.17. The van der Waals surface area contributed by atoms with Crippen LogP contribution in [0.5, 0.6) is 5.88 Å². The summed E-state index contributed by atoms with van der Waals surface area (Å²) in [5.74, 6) is 0.714. The zero-order chi connectivity index (χ0) is 14.5. The van der Waals surface area contributed by atoms with Crippen LogP contribution in [0, 0.1) is 0 Å². The van der Waals surface area contributed by atoms with Gasteiger partial charge in [0, 0.05) is 26.7 Å². The molecule has 0 radical (unpaired) electrons. The third-order valence-electron chi connectivity index (χ3n) is 3.09. The van der Waals surface area contributed by atoms with Gasteiger partial charge in [-0.15, -0.1) is 0 Å². The number of benzene rings is 1. The van der Waals surface area contributed by atoms with Crippen molar-refractivity contribution in [3.63, 3.8) is 0 Å². The molecule has 5 heteroatoms. The molecule has 108 valence electrons. The van der Waals surface area contributed by atoms with Gasteiger partial charge >= 0.3 is 0 Å². The summed E-state index contributed by atoms with van der Waals surface area (Å²) >= 11 is 1.66. The Morgan fingerprint density at radius 3 is 2.60 bits per heavy atom. The summed E-state index contributed by atoms with van der Waals surface area (Å²) in [6.07, 6.45) is 0. The minimum Gasteiger partial charge on any atom is -0.480 e. The average Bonchev–Trinajstić information content (AvgIpc) is 2.89. The Labute approximate surface area is 124 Å². The lowest BCUT2D eigenvalue weighted by molar-refractivity contribution is 0.393. The van der Waals surface area contributed by atoms with Crippen LogP contribution < -0.4 is 15.0 Å². The first-order chi connectivity index (χ1) is 9.61. The first kappa shape index (κ1) is 14.8. The van der Waals surface area contributed by atoms with Crippen LogP contribution in [-0.2, 0) is 6.54 Å². The first-order valence-electron chi connectivity index (χ1n) is 6.61. The quantitative estimate of drug-likeness (QED) is 0.887. The predicted molar refractivity (Wildman–Crippen MR) is 84.7 cm³/mol. The van der Waals surface area contributed by atoms with E-state index in [0.717, 1.165) is 16.6 Å². The van der Waals surface area contributed by atoms with Crippen molar-refractivity contribution < 1.29 is 4.74 Å². The number of rotatable bonds is 6. The second kappa shape index (κ2) is 6.72. The Morgan fingerprint density at radius 2 is 2.00 bits per heavy atom. The molecule has 0 saturated carbocycles. The number of nitrogens with zero attached hydrogens (tertiary/aromatic N) is 2. The topological polar surface area (TPSA) is 37.4 Å². The number of thiazole rings is 1. The van der Waals surface area contributed by atoms with Crippen molar-refractivity contribution in [2.45, 2.75) is 19.5 Å². The molecule has 2 aromatic rings. The van der Waals surface area contributed by atoms with Crippen LogP contribution in [0.2, 0.25) is 0 Å². The Bertz CT molecular complexity index is 539. The Morgan fingerprint density at radius 1 is 1.30 bits per heavy atom. The standard InChI is InChI=1S/C15H21N3OS/c1-11(12-8-6-5-7-9-12)16-10-13-14(19-4)17-15(20-13)18(2)3/h5-9,11,16H,10H2,1-4H3/t11-/m1/s1. The normalized spacial score (nSPS) is 12.2. The van der Waals surface area contributed by atoms with Crippen molar-refractivity contribution in [3.8, 4) is 5.88 Å². The lowest BCUT2D eigenvalue weighted by atomic mass is 10.1. The third kappa shape index (κ3) is 3.49. The van der Waals surface area contributed by atoms with Crippen LogP contribution in [0.25, 0.3) is 0 Å². The van der Waals surface area contributed by atoms with Gasteiger partial charge in [0.1, 0.15) is 0 Å². The maximum Gasteiger partial charge on any atom is 0.230 e. The van der Waals surface area contributed by atoms with E-state index in [1.807, 2.05) is 25.1 Å². The maximum atomic E-state index is 5.35. The van der Waals surface area contributed by atoms with Gasteiger partial charge in [-0.3, -0.25) is 0 Å². The molecule has 0 spiro atoms. The number of ether oxygens (including phenoxy) is 1. The first-order valence-corrected chi connectivity index (χ1v) is 7.42. The Hall–Kier alpha value is -1.59. The summed E-state index contributed by atoms with van der Waals surface area (Å²) < 4.78 is 5.35. The summed E-state index contributed by atoms with van der Waals surface area (Å²) in [6.45, 7) is 2.92. The van der Waals surface area contributed by atoms with Gasteiger partial charge in [0.25, 0.3) is 0 Å². The van der Waals surface area contributed by atoms with E-state index in [1.54, 1.807) is 18.4 Å². The molecule has 0 amide bonds. The lowest BCUT2D eigenvalue weighted by Gasteiger charge is -2.13. The van der Waals surface area contributed by atoms with Crippen molar-refractivity contribution in [1.29, 1.82) is 0 Å². The van der Waals surface area contributed by atoms with E-state index < -0.39 is 0 Å². The maximum absolute atomic E-state index is 5.35. The van der Waals surface area contributed by atoms with Crippen LogP contribution in [-0.4, -0.2) is 26.2 Å². The number of aromatic nitrogens is 1. The number of nitrogens with one attached hydrogen (secondary N) is 1. The third-order valence-corrected chi connectivity index (χ3v) is 4.30. The highest BCUT2D eigenvalue weighted by Gasteiger charge is 2.14. The highest BCUT2D eigenvalue weighted by molar-refractivity contribution is 7.15.